The van der Waals surface area contributed by atoms with Gasteiger partial charge in [0.15, 0.2) is 6.29 Å². The molecule has 1 unspecified atom stereocenters. The van der Waals surface area contributed by atoms with Crippen LogP contribution in [0.4, 0.5) is 11.5 Å². The van der Waals surface area contributed by atoms with E-state index in [0.29, 0.717) is 11.6 Å². The first-order valence-electron chi connectivity index (χ1n) is 8.06. The average molecular weight is 360 g/mol. The molecule has 7 nitrogen and oxygen atoms in total. The molecule has 1 aromatic heterocycles. The van der Waals surface area contributed by atoms with Crippen molar-refractivity contribution in [2.75, 3.05) is 17.3 Å². The van der Waals surface area contributed by atoms with Crippen LogP contribution in [-0.4, -0.2) is 40.4 Å². The Morgan fingerprint density at radius 3 is 2.84 bits per heavy atom. The van der Waals surface area contributed by atoms with Gasteiger partial charge in [-0.25, -0.2) is 4.68 Å². The molecule has 0 amide bonds. The van der Waals surface area contributed by atoms with E-state index in [0.717, 1.165) is 36.5 Å². The van der Waals surface area contributed by atoms with Crippen molar-refractivity contribution in [1.82, 2.24) is 15.1 Å². The van der Waals surface area contributed by atoms with Crippen LogP contribution >= 0.6 is 11.6 Å². The molecule has 2 heterocycles. The third-order valence-electron chi connectivity index (χ3n) is 4.38. The van der Waals surface area contributed by atoms with Crippen LogP contribution in [0.5, 0.6) is 5.75 Å². The molecule has 1 fully saturated rings. The van der Waals surface area contributed by atoms with Gasteiger partial charge in [0, 0.05) is 24.9 Å². The average Bonchev–Trinajstić information content (AvgIpc) is 3.30. The molecular formula is C17H18ClN5O2. The minimum atomic E-state index is -0.204. The zero-order chi connectivity index (χ0) is 17.6. The Balaban J connectivity index is 1.68. The predicted octanol–water partition coefficient (Wildman–Crippen LogP) is 2.49. The number of likely N-dealkylation sites (N-methyl/N-ethyl adjacent to an activating group) is 1. The van der Waals surface area contributed by atoms with Crippen molar-refractivity contribution >= 4 is 35.2 Å². The number of hydrogen-bond donors (Lipinski definition) is 3. The van der Waals surface area contributed by atoms with E-state index < -0.39 is 0 Å². The Kier molecular flexibility index (Phi) is 3.80. The fourth-order valence-electron chi connectivity index (χ4n) is 2.88. The van der Waals surface area contributed by atoms with Crippen molar-refractivity contribution in [3.8, 4) is 5.75 Å². The van der Waals surface area contributed by atoms with Crippen molar-refractivity contribution in [1.29, 1.82) is 0 Å². The summed E-state index contributed by atoms with van der Waals surface area (Å²) in [5.74, 6) is 1.62. The molecule has 1 aliphatic heterocycles. The molecule has 0 saturated heterocycles. The van der Waals surface area contributed by atoms with Crippen LogP contribution in [0.25, 0.3) is 5.82 Å². The first kappa shape index (κ1) is 15.8. The number of rotatable bonds is 5. The summed E-state index contributed by atoms with van der Waals surface area (Å²) in [5, 5.41) is 21.0. The number of aromatic hydroxyl groups is 1. The molecule has 4 rings (SSSR count). The van der Waals surface area contributed by atoms with E-state index in [2.05, 4.69) is 15.7 Å². The van der Waals surface area contributed by atoms with Crippen molar-refractivity contribution in [2.24, 2.45) is 0 Å². The number of fused-ring (bicyclic) bond motifs is 1. The van der Waals surface area contributed by atoms with Crippen LogP contribution in [0.15, 0.2) is 30.5 Å². The second kappa shape index (κ2) is 6.00. The van der Waals surface area contributed by atoms with E-state index in [4.69, 9.17) is 11.6 Å². The lowest BCUT2D eigenvalue weighted by Crippen LogP contribution is -2.43. The smallest absolute Gasteiger partial charge is 0.155 e. The number of aromatic nitrogens is 2. The Hall–Kier alpha value is -2.67. The Morgan fingerprint density at radius 2 is 2.16 bits per heavy atom. The fourth-order valence-corrected chi connectivity index (χ4v) is 3.06. The minimum Gasteiger partial charge on any atom is -0.506 e. The standard InChI is InChI=1S/C17H18ClN5O2/c1-22-15(21-12-4-5-14(25)13(18)6-12)7-16(20-11-2-3-11)23-17(22)10(9-24)8-19-23/h4-9,11,15,20-21,25H,2-3H2,1H3. The van der Waals surface area contributed by atoms with Gasteiger partial charge in [0.2, 0.25) is 0 Å². The monoisotopic (exact) mass is 359 g/mol. The highest BCUT2D eigenvalue weighted by Crippen LogP contribution is 2.32. The third kappa shape index (κ3) is 2.91. The van der Waals surface area contributed by atoms with Crippen molar-refractivity contribution in [2.45, 2.75) is 25.0 Å². The predicted molar refractivity (Wildman–Crippen MR) is 97.0 cm³/mol. The van der Waals surface area contributed by atoms with Gasteiger partial charge in [0.25, 0.3) is 0 Å². The summed E-state index contributed by atoms with van der Waals surface area (Å²) in [6.45, 7) is 0. The van der Waals surface area contributed by atoms with Crippen LogP contribution in [-0.2, 0) is 0 Å². The lowest BCUT2D eigenvalue weighted by molar-refractivity contribution is 0.112. The zero-order valence-electron chi connectivity index (χ0n) is 13.6. The summed E-state index contributed by atoms with van der Waals surface area (Å²) >= 11 is 5.99. The molecule has 2 aliphatic rings. The molecule has 1 aliphatic carbocycles. The van der Waals surface area contributed by atoms with Gasteiger partial charge in [-0.3, -0.25) is 4.79 Å². The molecule has 1 aromatic carbocycles. The van der Waals surface area contributed by atoms with Crippen LogP contribution in [0.3, 0.4) is 0 Å². The van der Waals surface area contributed by atoms with Gasteiger partial charge in [-0.1, -0.05) is 11.6 Å². The molecule has 8 heteroatoms. The molecule has 3 N–H and O–H groups in total. The largest absolute Gasteiger partial charge is 0.506 e. The first-order chi connectivity index (χ1) is 12.1. The van der Waals surface area contributed by atoms with E-state index in [-0.39, 0.29) is 16.9 Å². The van der Waals surface area contributed by atoms with Gasteiger partial charge in [0.05, 0.1) is 16.8 Å². The molecule has 130 valence electrons. The van der Waals surface area contributed by atoms with E-state index in [9.17, 15) is 9.90 Å². The van der Waals surface area contributed by atoms with Crippen LogP contribution in [0.2, 0.25) is 5.02 Å². The normalized spacial score (nSPS) is 19.2. The van der Waals surface area contributed by atoms with Gasteiger partial charge < -0.3 is 20.6 Å². The van der Waals surface area contributed by atoms with E-state index in [1.165, 1.54) is 0 Å². The summed E-state index contributed by atoms with van der Waals surface area (Å²) < 4.78 is 1.75. The van der Waals surface area contributed by atoms with Gasteiger partial charge >= 0.3 is 0 Å². The number of anilines is 2. The van der Waals surface area contributed by atoms with Gasteiger partial charge in [-0.2, -0.15) is 5.10 Å². The fraction of sp³-hybridized carbons (Fsp3) is 0.294. The first-order valence-corrected chi connectivity index (χ1v) is 8.44. The molecule has 0 bridgehead atoms. The number of carbonyl (C=O) groups excluding carboxylic acids is 1. The molecule has 0 spiro atoms. The van der Waals surface area contributed by atoms with E-state index in [1.807, 2.05) is 18.0 Å². The molecule has 2 aromatic rings. The maximum atomic E-state index is 11.4. The van der Waals surface area contributed by atoms with Crippen molar-refractivity contribution in [3.63, 3.8) is 0 Å². The lowest BCUT2D eigenvalue weighted by atomic mass is 10.2. The minimum absolute atomic E-state index is 0.0390. The molecule has 1 atom stereocenters. The lowest BCUT2D eigenvalue weighted by Gasteiger charge is -2.34. The molecule has 0 radical (unpaired) electrons. The highest BCUT2D eigenvalue weighted by atomic mass is 35.5. The van der Waals surface area contributed by atoms with E-state index >= 15 is 0 Å². The number of nitrogens with zero attached hydrogens (tertiary/aromatic N) is 3. The van der Waals surface area contributed by atoms with Crippen LogP contribution in [0, 0.1) is 0 Å². The Labute approximate surface area is 149 Å². The van der Waals surface area contributed by atoms with Crippen molar-refractivity contribution in [3.05, 3.63) is 41.1 Å². The SMILES string of the molecule is CN1c2c(C=O)cnn2C(NC2CC2)=CC1Nc1ccc(O)c(Cl)c1. The van der Waals surface area contributed by atoms with Crippen LogP contribution in [0.1, 0.15) is 23.2 Å². The summed E-state index contributed by atoms with van der Waals surface area (Å²) in [7, 11) is 1.89. The Bertz CT molecular complexity index is 859. The summed E-state index contributed by atoms with van der Waals surface area (Å²) in [5.41, 5.74) is 1.29. The highest BCUT2D eigenvalue weighted by Gasteiger charge is 2.31. The second-order valence-corrected chi connectivity index (χ2v) is 6.70. The number of halogens is 1. The number of nitrogens with one attached hydrogen (secondary N) is 2. The molecule has 25 heavy (non-hydrogen) atoms. The maximum absolute atomic E-state index is 11.4. The highest BCUT2D eigenvalue weighted by molar-refractivity contribution is 6.32. The van der Waals surface area contributed by atoms with Gasteiger partial charge in [-0.05, 0) is 31.0 Å². The molecular weight excluding hydrogens is 342 g/mol. The third-order valence-corrected chi connectivity index (χ3v) is 4.69. The summed E-state index contributed by atoms with van der Waals surface area (Å²) in [6, 6.07) is 5.42. The summed E-state index contributed by atoms with van der Waals surface area (Å²) in [4.78, 5) is 13.3. The number of phenols is 1. The number of phenolic OH excluding ortho intramolecular Hbond substituents is 1. The van der Waals surface area contributed by atoms with E-state index in [1.54, 1.807) is 29.1 Å². The maximum Gasteiger partial charge on any atom is 0.155 e. The quantitative estimate of drug-likeness (QED) is 0.562. The number of hydrogen-bond acceptors (Lipinski definition) is 6. The number of carbonyl (C=O) groups is 1. The van der Waals surface area contributed by atoms with Crippen molar-refractivity contribution < 1.29 is 9.90 Å². The number of benzene rings is 1. The van der Waals surface area contributed by atoms with Gasteiger partial charge in [-0.15, -0.1) is 0 Å². The van der Waals surface area contributed by atoms with Gasteiger partial charge in [0.1, 0.15) is 23.6 Å². The summed E-state index contributed by atoms with van der Waals surface area (Å²) in [6.07, 6.45) is 6.47. The number of aldehydes is 1. The zero-order valence-corrected chi connectivity index (χ0v) is 14.4. The van der Waals surface area contributed by atoms with Crippen LogP contribution < -0.4 is 15.5 Å². The molecule has 1 saturated carbocycles. The Morgan fingerprint density at radius 1 is 1.36 bits per heavy atom. The topological polar surface area (TPSA) is 82.4 Å². The second-order valence-electron chi connectivity index (χ2n) is 6.29.